The summed E-state index contributed by atoms with van der Waals surface area (Å²) < 4.78 is 37.2. The van der Waals surface area contributed by atoms with Crippen molar-refractivity contribution < 1.29 is 42.8 Å². The van der Waals surface area contributed by atoms with E-state index in [0.717, 1.165) is 66.1 Å². The molecule has 0 radical (unpaired) electrons. The number of likely N-dealkylation sites (N-methyl/N-ethyl adjacent to an activating group) is 1. The van der Waals surface area contributed by atoms with E-state index in [1.54, 1.807) is 17.9 Å². The average Bonchev–Trinajstić information content (AvgIpc) is 3.89. The van der Waals surface area contributed by atoms with Gasteiger partial charge in [-0.3, -0.25) is 23.1 Å². The number of hydrogen-bond acceptors (Lipinski definition) is 8. The van der Waals surface area contributed by atoms with Crippen molar-refractivity contribution in [1.29, 1.82) is 0 Å². The molecular formula is C35H53IN11NaO3S. The van der Waals surface area contributed by atoms with E-state index in [4.69, 9.17) is 0 Å². The molecule has 2 aliphatic rings. The summed E-state index contributed by atoms with van der Waals surface area (Å²) in [4.78, 5) is 16.9. The average molecular weight is 858 g/mol. The molecule has 0 unspecified atom stereocenters. The second-order valence-corrected chi connectivity index (χ2v) is 16.4. The number of benzene rings is 1. The monoisotopic (exact) mass is 857 g/mol. The SMILES string of the molecule is CN(C)CCCCc1cnn(C)c1.CN(C)CCN(c1cnn(C)c1)S(=O)(=O)[N-]C(=O)Nc1c2c(cc3c1CCC3)CCC2.Cn1cc(I)cn1.[Na+]. The van der Waals surface area contributed by atoms with Crippen molar-refractivity contribution in [2.24, 2.45) is 21.1 Å². The van der Waals surface area contributed by atoms with E-state index < -0.39 is 16.2 Å². The number of nitrogens with zero attached hydrogens (tertiary/aromatic N) is 10. The maximum atomic E-state index is 13.1. The van der Waals surface area contributed by atoms with Crippen molar-refractivity contribution in [3.8, 4) is 0 Å². The first-order valence-electron chi connectivity index (χ1n) is 17.3. The number of hydrogen-bond donors (Lipinski definition) is 1. The first-order chi connectivity index (χ1) is 24.2. The molecule has 280 valence electrons. The second kappa shape index (κ2) is 20.8. The molecule has 0 saturated carbocycles. The Hall–Kier alpha value is -2.48. The fraction of sp³-hybridized carbons (Fsp3) is 0.543. The van der Waals surface area contributed by atoms with Gasteiger partial charge in [-0.2, -0.15) is 15.3 Å². The summed E-state index contributed by atoms with van der Waals surface area (Å²) in [6.45, 7) is 1.82. The van der Waals surface area contributed by atoms with E-state index in [-0.39, 0.29) is 36.1 Å². The molecule has 6 rings (SSSR count). The molecule has 0 bridgehead atoms. The summed E-state index contributed by atoms with van der Waals surface area (Å²) in [6.07, 6.45) is 20.5. The van der Waals surface area contributed by atoms with Crippen molar-refractivity contribution in [3.63, 3.8) is 0 Å². The zero-order chi connectivity index (χ0) is 37.1. The van der Waals surface area contributed by atoms with Crippen LogP contribution >= 0.6 is 22.6 Å². The minimum atomic E-state index is -4.24. The standard InChI is InChI=1S/C21H30N6O3S.C10H19N3.C4H5IN2.Na/c1-25(2)10-11-27(17-13-22-26(3)14-17)31(29,30)24-21(28)23-20-18-8-4-6-15(18)12-16-7-5-9-19(16)20;1-12(2)7-5-4-6-10-8-11-13(3)9-10;1-7-3-4(5)2-6-7;/h12-14H,4-11H2,1-3H3,(H2,23,24,28);8-9H,4-7H2,1-3H3;2-3H,1H3;/q;;;+1/p-1. The fourth-order valence-corrected chi connectivity index (χ4v) is 7.76. The number of aromatic nitrogens is 6. The van der Waals surface area contributed by atoms with Gasteiger partial charge in [0, 0.05) is 52.8 Å². The van der Waals surface area contributed by atoms with Crippen molar-refractivity contribution in [2.75, 3.05) is 57.4 Å². The normalized spacial score (nSPS) is 13.0. The first kappa shape index (κ1) is 43.9. The topological polar surface area (TPSA) is 141 Å². The van der Waals surface area contributed by atoms with Gasteiger partial charge in [0.1, 0.15) is 0 Å². The van der Waals surface area contributed by atoms with Gasteiger partial charge in [-0.1, -0.05) is 6.07 Å². The summed E-state index contributed by atoms with van der Waals surface area (Å²) in [5.74, 6) is 0. The van der Waals surface area contributed by atoms with E-state index in [0.29, 0.717) is 12.2 Å². The van der Waals surface area contributed by atoms with Crippen molar-refractivity contribution in [1.82, 2.24) is 39.1 Å². The number of halogens is 1. The number of nitrogens with one attached hydrogen (secondary N) is 1. The molecule has 1 N–H and O–H groups in total. The van der Waals surface area contributed by atoms with Gasteiger partial charge < -0.3 is 19.8 Å². The third-order valence-electron chi connectivity index (χ3n) is 8.66. The zero-order valence-electron chi connectivity index (χ0n) is 32.0. The van der Waals surface area contributed by atoms with E-state index in [2.05, 4.69) is 79.2 Å². The van der Waals surface area contributed by atoms with Crippen LogP contribution < -0.4 is 39.2 Å². The molecule has 14 nitrogen and oxygen atoms in total. The summed E-state index contributed by atoms with van der Waals surface area (Å²) in [6, 6.07) is 1.41. The second-order valence-electron chi connectivity index (χ2n) is 13.6. The maximum Gasteiger partial charge on any atom is 1.00 e. The third kappa shape index (κ3) is 13.4. The number of fused-ring (bicyclic) bond motifs is 2. The van der Waals surface area contributed by atoms with E-state index >= 15 is 0 Å². The Morgan fingerprint density at radius 2 is 1.38 bits per heavy atom. The number of carbonyl (C=O) groups is 1. The van der Waals surface area contributed by atoms with Gasteiger partial charge in [0.15, 0.2) is 6.03 Å². The molecule has 52 heavy (non-hydrogen) atoms. The Kier molecular flexibility index (Phi) is 17.6. The number of amides is 2. The summed E-state index contributed by atoms with van der Waals surface area (Å²) in [7, 11) is 9.28. The van der Waals surface area contributed by atoms with Gasteiger partial charge in [0.25, 0.3) is 10.2 Å². The quantitative estimate of drug-likeness (QED) is 0.130. The molecule has 2 amide bonds. The number of rotatable bonds is 12. The van der Waals surface area contributed by atoms with Crippen LogP contribution in [0.25, 0.3) is 4.72 Å². The number of urea groups is 1. The largest absolute Gasteiger partial charge is 1.00 e. The number of unbranched alkanes of at least 4 members (excludes halogenated alkanes) is 1. The molecule has 3 heterocycles. The van der Waals surface area contributed by atoms with Gasteiger partial charge in [-0.15, -0.1) is 0 Å². The van der Waals surface area contributed by atoms with Gasteiger partial charge in [0.2, 0.25) is 0 Å². The fourth-order valence-electron chi connectivity index (χ4n) is 6.21. The predicted molar refractivity (Wildman–Crippen MR) is 212 cm³/mol. The Labute approximate surface area is 345 Å². The summed E-state index contributed by atoms with van der Waals surface area (Å²) >= 11 is 2.22. The molecule has 0 atom stereocenters. The molecule has 3 aromatic heterocycles. The maximum absolute atomic E-state index is 13.1. The summed E-state index contributed by atoms with van der Waals surface area (Å²) in [5.41, 5.74) is 7.32. The molecule has 1 aromatic carbocycles. The zero-order valence-corrected chi connectivity index (χ0v) is 37.0. The van der Waals surface area contributed by atoms with Crippen LogP contribution in [0.2, 0.25) is 0 Å². The smallest absolute Gasteiger partial charge is 0.423 e. The van der Waals surface area contributed by atoms with Crippen LogP contribution in [0.3, 0.4) is 0 Å². The summed E-state index contributed by atoms with van der Waals surface area (Å²) in [5, 5.41) is 15.0. The van der Waals surface area contributed by atoms with Gasteiger partial charge in [0.05, 0.1) is 27.8 Å². The van der Waals surface area contributed by atoms with Gasteiger partial charge >= 0.3 is 29.6 Å². The van der Waals surface area contributed by atoms with E-state index in [1.165, 1.54) is 50.5 Å². The van der Waals surface area contributed by atoms with Crippen molar-refractivity contribution in [3.05, 3.63) is 79.4 Å². The number of carbonyl (C=O) groups excluding carboxylic acids is 1. The first-order valence-corrected chi connectivity index (χ1v) is 19.8. The Morgan fingerprint density at radius 1 is 0.808 bits per heavy atom. The number of anilines is 2. The van der Waals surface area contributed by atoms with Crippen LogP contribution in [-0.4, -0.2) is 101 Å². The Morgan fingerprint density at radius 3 is 1.87 bits per heavy atom. The molecule has 0 saturated heterocycles. The molecule has 2 aliphatic carbocycles. The third-order valence-corrected chi connectivity index (χ3v) is 10.6. The number of aryl methyl sites for hydroxylation is 6. The van der Waals surface area contributed by atoms with Crippen LogP contribution in [0.1, 0.15) is 53.5 Å². The minimum Gasteiger partial charge on any atom is -0.423 e. The molecule has 0 spiro atoms. The minimum absolute atomic E-state index is 0. The van der Waals surface area contributed by atoms with Crippen molar-refractivity contribution in [2.45, 2.75) is 57.8 Å². The molecular weight excluding hydrogens is 804 g/mol. The van der Waals surface area contributed by atoms with Crippen LogP contribution in [-0.2, 0) is 63.5 Å². The Balaban J connectivity index is 0.000000285. The van der Waals surface area contributed by atoms with Crippen molar-refractivity contribution >= 4 is 50.2 Å². The van der Waals surface area contributed by atoms with E-state index in [9.17, 15) is 13.2 Å². The molecule has 17 heteroatoms. The van der Waals surface area contributed by atoms with E-state index in [1.807, 2.05) is 56.4 Å². The molecule has 0 fully saturated rings. The van der Waals surface area contributed by atoms with Gasteiger partial charge in [-0.25, -0.2) is 8.42 Å². The predicted octanol–water partition coefficient (Wildman–Crippen LogP) is 1.95. The van der Waals surface area contributed by atoms with Crippen LogP contribution in [0.15, 0.2) is 43.2 Å². The van der Waals surface area contributed by atoms with Crippen LogP contribution in [0.4, 0.5) is 16.2 Å². The molecule has 4 aromatic rings. The van der Waals surface area contributed by atoms with Crippen LogP contribution in [0, 0.1) is 3.57 Å². The van der Waals surface area contributed by atoms with Crippen LogP contribution in [0.5, 0.6) is 0 Å². The Bertz CT molecular complexity index is 1790. The molecule has 0 aliphatic heterocycles. The van der Waals surface area contributed by atoms with Gasteiger partial charge in [-0.05, 0) is 149 Å².